The third-order valence-corrected chi connectivity index (χ3v) is 4.64. The van der Waals surface area contributed by atoms with Crippen LogP contribution in [-0.4, -0.2) is 43.2 Å². The molecule has 0 aliphatic carbocycles. The Balaban J connectivity index is 1.98. The molecule has 144 valence electrons. The largest absolute Gasteiger partial charge is 0.444 e. The van der Waals surface area contributed by atoms with Crippen LogP contribution in [0.1, 0.15) is 32.8 Å². The minimum absolute atomic E-state index is 0.107. The molecule has 2 amide bonds. The number of likely N-dealkylation sites (tertiary alicyclic amines) is 1. The summed E-state index contributed by atoms with van der Waals surface area (Å²) in [6.07, 6.45) is -0.383. The van der Waals surface area contributed by atoms with Gasteiger partial charge in [0.25, 0.3) is 0 Å². The molecule has 1 saturated heterocycles. The predicted molar refractivity (Wildman–Crippen MR) is 97.8 cm³/mol. The van der Waals surface area contributed by atoms with Gasteiger partial charge < -0.3 is 9.64 Å². The lowest BCUT2D eigenvalue weighted by molar-refractivity contribution is -0.128. The number of primary sulfonamides is 1. The first kappa shape index (κ1) is 20.2. The molecule has 1 aliphatic rings. The molecule has 1 aliphatic heterocycles. The van der Waals surface area contributed by atoms with E-state index in [0.29, 0.717) is 18.8 Å². The van der Waals surface area contributed by atoms with Gasteiger partial charge in [-0.05, 0) is 38.5 Å². The van der Waals surface area contributed by atoms with Crippen LogP contribution in [0.15, 0.2) is 24.3 Å². The van der Waals surface area contributed by atoms with E-state index < -0.39 is 21.7 Å². The van der Waals surface area contributed by atoms with Crippen molar-refractivity contribution in [3.8, 4) is 0 Å². The molecule has 26 heavy (non-hydrogen) atoms. The Morgan fingerprint density at radius 3 is 2.69 bits per heavy atom. The third kappa shape index (κ3) is 6.64. The minimum Gasteiger partial charge on any atom is -0.444 e. The molecule has 1 heterocycles. The van der Waals surface area contributed by atoms with Gasteiger partial charge in [0.1, 0.15) is 5.60 Å². The highest BCUT2D eigenvalue weighted by Crippen LogP contribution is 2.22. The highest BCUT2D eigenvalue weighted by molar-refractivity contribution is 7.89. The molecule has 2 rings (SSSR count). The summed E-state index contributed by atoms with van der Waals surface area (Å²) in [4.78, 5) is 25.5. The van der Waals surface area contributed by atoms with Gasteiger partial charge in [0.15, 0.2) is 0 Å². The van der Waals surface area contributed by atoms with Crippen molar-refractivity contribution in [2.45, 2.75) is 39.3 Å². The number of hydrogen-bond acceptors (Lipinski definition) is 5. The van der Waals surface area contributed by atoms with Crippen molar-refractivity contribution in [2.24, 2.45) is 11.1 Å². The van der Waals surface area contributed by atoms with Crippen molar-refractivity contribution in [3.63, 3.8) is 0 Å². The first-order chi connectivity index (χ1) is 11.9. The molecule has 1 unspecified atom stereocenters. The molecule has 0 spiro atoms. The second-order valence-electron chi connectivity index (χ2n) is 7.50. The summed E-state index contributed by atoms with van der Waals surface area (Å²) in [5, 5.41) is 7.71. The Labute approximate surface area is 153 Å². The smallest absolute Gasteiger partial charge is 0.412 e. The summed E-state index contributed by atoms with van der Waals surface area (Å²) < 4.78 is 27.6. The Kier molecular flexibility index (Phi) is 5.92. The highest BCUT2D eigenvalue weighted by Gasteiger charge is 2.31. The van der Waals surface area contributed by atoms with Crippen LogP contribution in [0.3, 0.4) is 0 Å². The van der Waals surface area contributed by atoms with Crippen molar-refractivity contribution in [1.29, 1.82) is 0 Å². The molecule has 8 nitrogen and oxygen atoms in total. The van der Waals surface area contributed by atoms with Gasteiger partial charge in [-0.15, -0.1) is 0 Å². The van der Waals surface area contributed by atoms with Crippen LogP contribution < -0.4 is 10.5 Å². The number of benzene rings is 1. The van der Waals surface area contributed by atoms with Gasteiger partial charge in [0.2, 0.25) is 15.9 Å². The maximum absolute atomic E-state index is 12.1. The molecule has 1 atom stereocenters. The normalized spacial score (nSPS) is 18.1. The number of sulfonamides is 1. The number of nitrogens with two attached hydrogens (primary N) is 1. The van der Waals surface area contributed by atoms with E-state index in [-0.39, 0.29) is 24.0 Å². The average Bonchev–Trinajstić information content (AvgIpc) is 2.74. The van der Waals surface area contributed by atoms with Crippen LogP contribution in [0.25, 0.3) is 0 Å². The summed E-state index contributed by atoms with van der Waals surface area (Å²) >= 11 is 0. The van der Waals surface area contributed by atoms with E-state index in [4.69, 9.17) is 9.88 Å². The van der Waals surface area contributed by atoms with Gasteiger partial charge in [-0.3, -0.25) is 10.1 Å². The van der Waals surface area contributed by atoms with E-state index in [1.807, 2.05) is 6.07 Å². The van der Waals surface area contributed by atoms with Crippen LogP contribution >= 0.6 is 0 Å². The standard InChI is InChI=1S/C17H25N3O5S/c1-17(2,3)25-16(22)19-14-6-4-5-12(7-14)9-20-10-13(8-15(20)21)11-26(18,23)24/h4-7,13H,8-11H2,1-3H3,(H,19,22)(H2,18,23,24). The first-order valence-electron chi connectivity index (χ1n) is 8.28. The van der Waals surface area contributed by atoms with Crippen molar-refractivity contribution in [2.75, 3.05) is 17.6 Å². The quantitative estimate of drug-likeness (QED) is 0.802. The van der Waals surface area contributed by atoms with Crippen LogP contribution in [0.2, 0.25) is 0 Å². The lowest BCUT2D eigenvalue weighted by atomic mass is 10.1. The number of hydrogen-bond donors (Lipinski definition) is 2. The third-order valence-electron chi connectivity index (χ3n) is 3.71. The molecule has 0 aromatic heterocycles. The molecule has 3 N–H and O–H groups in total. The van der Waals surface area contributed by atoms with Crippen LogP contribution in [0.4, 0.5) is 10.5 Å². The predicted octanol–water partition coefficient (Wildman–Crippen LogP) is 1.67. The van der Waals surface area contributed by atoms with Gasteiger partial charge in [0, 0.05) is 31.1 Å². The van der Waals surface area contributed by atoms with Crippen LogP contribution in [0.5, 0.6) is 0 Å². The van der Waals surface area contributed by atoms with Crippen LogP contribution in [-0.2, 0) is 26.1 Å². The summed E-state index contributed by atoms with van der Waals surface area (Å²) in [6.45, 7) is 6.02. The monoisotopic (exact) mass is 383 g/mol. The Bertz CT molecular complexity index is 786. The number of amides is 2. The van der Waals surface area contributed by atoms with Gasteiger partial charge >= 0.3 is 6.09 Å². The number of ether oxygens (including phenoxy) is 1. The van der Waals surface area contributed by atoms with Crippen molar-refractivity contribution >= 4 is 27.7 Å². The number of carbonyl (C=O) groups excluding carboxylic acids is 2. The van der Waals surface area contributed by atoms with Gasteiger partial charge in [-0.25, -0.2) is 18.4 Å². The zero-order chi connectivity index (χ0) is 19.5. The van der Waals surface area contributed by atoms with E-state index in [0.717, 1.165) is 5.56 Å². The number of nitrogens with zero attached hydrogens (tertiary/aromatic N) is 1. The molecule has 0 bridgehead atoms. The molecular formula is C17H25N3O5S. The maximum atomic E-state index is 12.1. The summed E-state index contributed by atoms with van der Waals surface area (Å²) in [6, 6.07) is 7.08. The summed E-state index contributed by atoms with van der Waals surface area (Å²) in [5.41, 5.74) is 0.787. The van der Waals surface area contributed by atoms with Gasteiger partial charge in [0.05, 0.1) is 5.75 Å². The van der Waals surface area contributed by atoms with E-state index in [2.05, 4.69) is 5.32 Å². The fourth-order valence-corrected chi connectivity index (χ4v) is 3.72. The summed E-state index contributed by atoms with van der Waals surface area (Å²) in [7, 11) is -3.60. The molecule has 0 radical (unpaired) electrons. The Morgan fingerprint density at radius 2 is 2.08 bits per heavy atom. The van der Waals surface area contributed by atoms with Crippen LogP contribution in [0, 0.1) is 5.92 Å². The molecular weight excluding hydrogens is 358 g/mol. The van der Waals surface area contributed by atoms with E-state index >= 15 is 0 Å². The maximum Gasteiger partial charge on any atom is 0.412 e. The Morgan fingerprint density at radius 1 is 1.38 bits per heavy atom. The molecule has 1 aromatic rings. The number of anilines is 1. The minimum atomic E-state index is -3.60. The van der Waals surface area contributed by atoms with Crippen molar-refractivity contribution in [1.82, 2.24) is 4.90 Å². The SMILES string of the molecule is CC(C)(C)OC(=O)Nc1cccc(CN2CC(CS(N)(=O)=O)CC2=O)c1. The van der Waals surface area contributed by atoms with Gasteiger partial charge in [-0.1, -0.05) is 12.1 Å². The Hall–Kier alpha value is -2.13. The summed E-state index contributed by atoms with van der Waals surface area (Å²) in [5.74, 6) is -0.597. The first-order valence-corrected chi connectivity index (χ1v) is 10.00. The second kappa shape index (κ2) is 7.63. The lowest BCUT2D eigenvalue weighted by Gasteiger charge is -2.20. The van der Waals surface area contributed by atoms with E-state index in [1.165, 1.54) is 0 Å². The number of carbonyl (C=O) groups is 2. The fraction of sp³-hybridized carbons (Fsp3) is 0.529. The molecule has 0 saturated carbocycles. The van der Waals surface area contributed by atoms with Crippen molar-refractivity contribution in [3.05, 3.63) is 29.8 Å². The zero-order valence-corrected chi connectivity index (χ0v) is 16.0. The topological polar surface area (TPSA) is 119 Å². The highest BCUT2D eigenvalue weighted by atomic mass is 32.2. The molecule has 1 fully saturated rings. The lowest BCUT2D eigenvalue weighted by Crippen LogP contribution is -2.28. The fourth-order valence-electron chi connectivity index (χ4n) is 2.84. The van der Waals surface area contributed by atoms with E-state index in [1.54, 1.807) is 43.9 Å². The molecule has 1 aromatic carbocycles. The molecule has 9 heteroatoms. The van der Waals surface area contributed by atoms with E-state index in [9.17, 15) is 18.0 Å². The van der Waals surface area contributed by atoms with Crippen molar-refractivity contribution < 1.29 is 22.7 Å². The average molecular weight is 383 g/mol. The van der Waals surface area contributed by atoms with Gasteiger partial charge in [-0.2, -0.15) is 0 Å². The number of rotatable bonds is 5. The zero-order valence-electron chi connectivity index (χ0n) is 15.2. The second-order valence-corrected chi connectivity index (χ2v) is 9.16. The number of nitrogens with one attached hydrogen (secondary N) is 1.